The molecule has 0 saturated heterocycles. The van der Waals surface area contributed by atoms with Crippen molar-refractivity contribution in [3.05, 3.63) is 119 Å². The summed E-state index contributed by atoms with van der Waals surface area (Å²) in [6, 6.07) is 6.05. The van der Waals surface area contributed by atoms with Gasteiger partial charge in [-0.15, -0.1) is 0 Å². The summed E-state index contributed by atoms with van der Waals surface area (Å²) in [5.41, 5.74) is -3.45. The van der Waals surface area contributed by atoms with Crippen molar-refractivity contribution in [1.82, 2.24) is 0 Å². The van der Waals surface area contributed by atoms with Crippen LogP contribution in [0.25, 0.3) is 22.3 Å². The third-order valence-corrected chi connectivity index (χ3v) is 5.89. The van der Waals surface area contributed by atoms with Gasteiger partial charge in [0, 0.05) is 11.6 Å². The zero-order valence-corrected chi connectivity index (χ0v) is 21.6. The van der Waals surface area contributed by atoms with Crippen molar-refractivity contribution in [1.29, 1.82) is 0 Å². The van der Waals surface area contributed by atoms with E-state index in [1.54, 1.807) is 6.07 Å². The van der Waals surface area contributed by atoms with Gasteiger partial charge in [0.05, 0.1) is 5.56 Å². The summed E-state index contributed by atoms with van der Waals surface area (Å²) in [5, 5.41) is 0. The summed E-state index contributed by atoms with van der Waals surface area (Å²) >= 11 is 0. The van der Waals surface area contributed by atoms with Crippen molar-refractivity contribution in [3.8, 4) is 22.3 Å². The fourth-order valence-electron chi connectivity index (χ4n) is 3.98. The second kappa shape index (κ2) is 12.7. The van der Waals surface area contributed by atoms with Crippen LogP contribution in [0.1, 0.15) is 37.8 Å². The van der Waals surface area contributed by atoms with Gasteiger partial charge in [0.2, 0.25) is 0 Å². The average Bonchev–Trinajstić information content (AvgIpc) is 2.85. The van der Waals surface area contributed by atoms with Crippen LogP contribution in [-0.4, -0.2) is 0 Å². The Labute approximate surface area is 229 Å². The summed E-state index contributed by atoms with van der Waals surface area (Å²) < 4.78 is 147. The van der Waals surface area contributed by atoms with E-state index >= 15 is 0 Å². The lowest BCUT2D eigenvalue weighted by molar-refractivity contribution is -0.227. The van der Waals surface area contributed by atoms with Gasteiger partial charge in [-0.3, -0.25) is 0 Å². The fourth-order valence-corrected chi connectivity index (χ4v) is 3.98. The van der Waals surface area contributed by atoms with Crippen molar-refractivity contribution >= 4 is 0 Å². The summed E-state index contributed by atoms with van der Waals surface area (Å²) in [6.07, 6.45) is -2.54. The minimum absolute atomic E-state index is 0.00787. The molecule has 0 fully saturated rings. The summed E-state index contributed by atoms with van der Waals surface area (Å²) in [7, 11) is 0. The van der Waals surface area contributed by atoms with Crippen molar-refractivity contribution in [2.24, 2.45) is 0 Å². The van der Waals surface area contributed by atoms with Gasteiger partial charge in [0.1, 0.15) is 40.4 Å². The molecule has 0 spiro atoms. The number of aryl methyl sites for hydroxylation is 1. The Hall–Kier alpha value is -4.02. The molecule has 0 bridgehead atoms. The second-order valence-electron chi connectivity index (χ2n) is 8.99. The van der Waals surface area contributed by atoms with E-state index in [4.69, 9.17) is 0 Å². The van der Waals surface area contributed by atoms with Crippen LogP contribution in [0, 0.1) is 29.1 Å². The Morgan fingerprint density at radius 3 is 1.90 bits per heavy atom. The number of hydrogen-bond donors (Lipinski definition) is 0. The lowest BCUT2D eigenvalue weighted by Crippen LogP contribution is -2.21. The smallest absolute Gasteiger partial charge is 0.432 e. The molecule has 0 N–H and O–H groups in total. The van der Waals surface area contributed by atoms with Gasteiger partial charge in [-0.2, -0.15) is 8.78 Å². The van der Waals surface area contributed by atoms with Crippen molar-refractivity contribution in [3.63, 3.8) is 0 Å². The van der Waals surface area contributed by atoms with Crippen LogP contribution in [0.3, 0.4) is 0 Å². The van der Waals surface area contributed by atoms with Crippen LogP contribution in [0.5, 0.6) is 0 Å². The zero-order valence-electron chi connectivity index (χ0n) is 21.6. The molecule has 0 aliphatic carbocycles. The molecular weight excluding hydrogens is 566 g/mol. The third kappa shape index (κ3) is 7.20. The Morgan fingerprint density at radius 1 is 0.829 bits per heavy atom. The molecular formula is C30H22F10O. The Bertz CT molecular complexity index is 1490. The Kier molecular flexibility index (Phi) is 9.73. The maximum absolute atomic E-state index is 15.0. The highest BCUT2D eigenvalue weighted by Gasteiger charge is 2.41. The van der Waals surface area contributed by atoms with E-state index in [0.717, 1.165) is 25.0 Å². The van der Waals surface area contributed by atoms with Gasteiger partial charge >= 0.3 is 6.11 Å². The Morgan fingerprint density at radius 2 is 1.39 bits per heavy atom. The first-order valence-electron chi connectivity index (χ1n) is 12.1. The number of alkyl halides is 2. The highest BCUT2D eigenvalue weighted by molar-refractivity contribution is 5.72. The van der Waals surface area contributed by atoms with Crippen LogP contribution in [-0.2, 0) is 17.3 Å². The molecule has 0 aliphatic heterocycles. The SMILES string of the molecule is C=C(F)/C(F)=C(F)\C=C(/C)OC(F)(F)c1c(F)cc(-c2c(F)cc(-c3ccc(CCCC)cc3F)cc2F)cc1F. The molecule has 3 aromatic carbocycles. The van der Waals surface area contributed by atoms with Gasteiger partial charge in [0.25, 0.3) is 0 Å². The van der Waals surface area contributed by atoms with E-state index in [2.05, 4.69) is 11.3 Å². The zero-order chi connectivity index (χ0) is 30.6. The number of hydrogen-bond acceptors (Lipinski definition) is 1. The van der Waals surface area contributed by atoms with E-state index in [1.165, 1.54) is 12.1 Å². The summed E-state index contributed by atoms with van der Waals surface area (Å²) in [6.45, 7) is 5.11. The van der Waals surface area contributed by atoms with Crippen LogP contribution in [0.4, 0.5) is 43.9 Å². The fraction of sp³-hybridized carbons (Fsp3) is 0.200. The second-order valence-corrected chi connectivity index (χ2v) is 8.99. The van der Waals surface area contributed by atoms with E-state index in [9.17, 15) is 43.9 Å². The maximum atomic E-state index is 15.0. The van der Waals surface area contributed by atoms with Crippen molar-refractivity contribution < 1.29 is 48.6 Å². The molecule has 0 radical (unpaired) electrons. The topological polar surface area (TPSA) is 9.23 Å². The first kappa shape index (κ1) is 31.5. The minimum atomic E-state index is -4.82. The highest BCUT2D eigenvalue weighted by atomic mass is 19.3. The molecule has 3 rings (SSSR count). The number of ether oxygens (including phenoxy) is 1. The lowest BCUT2D eigenvalue weighted by atomic mass is 9.96. The van der Waals surface area contributed by atoms with Gasteiger partial charge in [-0.1, -0.05) is 32.1 Å². The number of allylic oxidation sites excluding steroid dienone is 5. The Balaban J connectivity index is 1.97. The molecule has 0 atom stereocenters. The van der Waals surface area contributed by atoms with Crippen LogP contribution < -0.4 is 0 Å². The molecule has 0 aliphatic rings. The molecule has 0 unspecified atom stereocenters. The van der Waals surface area contributed by atoms with Crippen molar-refractivity contribution in [2.75, 3.05) is 0 Å². The van der Waals surface area contributed by atoms with E-state index < -0.39 is 75.1 Å². The van der Waals surface area contributed by atoms with E-state index in [-0.39, 0.29) is 29.3 Å². The molecule has 1 nitrogen and oxygen atoms in total. The molecule has 0 saturated carbocycles. The normalized spacial score (nSPS) is 12.8. The lowest BCUT2D eigenvalue weighted by Gasteiger charge is -2.20. The first-order chi connectivity index (χ1) is 19.2. The number of rotatable bonds is 10. The molecule has 3 aromatic rings. The molecule has 0 aromatic heterocycles. The van der Waals surface area contributed by atoms with Gasteiger partial charge < -0.3 is 4.74 Å². The van der Waals surface area contributed by atoms with Crippen LogP contribution >= 0.6 is 0 Å². The maximum Gasteiger partial charge on any atom is 0.432 e. The van der Waals surface area contributed by atoms with Gasteiger partial charge in [-0.05, 0) is 66.8 Å². The third-order valence-electron chi connectivity index (χ3n) is 5.89. The van der Waals surface area contributed by atoms with E-state index in [0.29, 0.717) is 18.9 Å². The number of halogens is 10. The molecule has 11 heteroatoms. The average molecular weight is 588 g/mol. The van der Waals surface area contributed by atoms with Gasteiger partial charge in [-0.25, -0.2) is 35.1 Å². The number of unbranched alkanes of at least 4 members (excludes halogenated alkanes) is 1. The first-order valence-corrected chi connectivity index (χ1v) is 12.1. The largest absolute Gasteiger partial charge is 0.433 e. The minimum Gasteiger partial charge on any atom is -0.433 e. The standard InChI is InChI=1S/C30H22F10O/c1-4-5-6-17-7-8-20(21(32)10-17)18-11-22(33)27(23(34)12-18)19-13-24(35)28(25(36)14-19)30(39,40)41-15(2)9-26(37)29(38)16(3)31/h7-14H,3-6H2,1-2H3/b15-9+,29-26-. The van der Waals surface area contributed by atoms with Crippen LogP contribution in [0.2, 0.25) is 0 Å². The highest BCUT2D eigenvalue weighted by Crippen LogP contribution is 2.39. The monoisotopic (exact) mass is 588 g/mol. The molecule has 0 heterocycles. The predicted molar refractivity (Wildman–Crippen MR) is 134 cm³/mol. The molecule has 0 amide bonds. The predicted octanol–water partition coefficient (Wildman–Crippen LogP) is 10.7. The van der Waals surface area contributed by atoms with Crippen molar-refractivity contribution in [2.45, 2.75) is 39.2 Å². The quantitative estimate of drug-likeness (QED) is 0.130. The summed E-state index contributed by atoms with van der Waals surface area (Å²) in [4.78, 5) is 0. The number of benzene rings is 3. The van der Waals surface area contributed by atoms with Crippen LogP contribution in [0.15, 0.2) is 78.4 Å². The molecule has 218 valence electrons. The summed E-state index contributed by atoms with van der Waals surface area (Å²) in [5.74, 6) is -14.5. The molecule has 41 heavy (non-hydrogen) atoms. The van der Waals surface area contributed by atoms with E-state index in [1.807, 2.05) is 6.92 Å². The van der Waals surface area contributed by atoms with Gasteiger partial charge in [0.15, 0.2) is 17.5 Å².